The van der Waals surface area contributed by atoms with Crippen molar-refractivity contribution in [3.05, 3.63) is 39.9 Å². The van der Waals surface area contributed by atoms with Crippen LogP contribution in [0, 0.1) is 6.92 Å². The van der Waals surface area contributed by atoms with Gasteiger partial charge in [-0.25, -0.2) is 9.98 Å². The maximum Gasteiger partial charge on any atom is 0.258 e. The molecule has 1 aromatic carbocycles. The number of aromatic amines is 1. The molecule has 9 N–H and O–H groups in total. The predicted octanol–water partition coefficient (Wildman–Crippen LogP) is 0.499. The fourth-order valence-corrected chi connectivity index (χ4v) is 5.17. The molecule has 1 unspecified atom stereocenters. The SMILES string of the molecule is Cc1cccc2c(=O)[nH]c(CSC3CCN(C(CCCC(=O)N=C(N)N)N=C(N)N)CC3)nc12. The van der Waals surface area contributed by atoms with Gasteiger partial charge in [-0.1, -0.05) is 12.1 Å². The van der Waals surface area contributed by atoms with Crippen molar-refractivity contribution in [3.63, 3.8) is 0 Å². The van der Waals surface area contributed by atoms with E-state index < -0.39 is 0 Å². The first-order valence-corrected chi connectivity index (χ1v) is 12.3. The number of para-hydroxylation sites is 1. The van der Waals surface area contributed by atoms with Crippen molar-refractivity contribution in [1.29, 1.82) is 0 Å². The van der Waals surface area contributed by atoms with Gasteiger partial charge in [0.25, 0.3) is 5.56 Å². The first-order valence-electron chi connectivity index (χ1n) is 11.3. The average Bonchev–Trinajstić information content (AvgIpc) is 2.77. The monoisotopic (exact) mass is 487 g/mol. The van der Waals surface area contributed by atoms with Gasteiger partial charge >= 0.3 is 0 Å². The van der Waals surface area contributed by atoms with E-state index in [9.17, 15) is 9.59 Å². The van der Waals surface area contributed by atoms with E-state index in [0.29, 0.717) is 35.1 Å². The van der Waals surface area contributed by atoms with Crippen LogP contribution in [0.3, 0.4) is 0 Å². The Morgan fingerprint density at radius 2 is 1.97 bits per heavy atom. The number of nitrogens with zero attached hydrogens (tertiary/aromatic N) is 4. The second kappa shape index (κ2) is 11.8. The van der Waals surface area contributed by atoms with Crippen LogP contribution in [0.5, 0.6) is 0 Å². The zero-order valence-corrected chi connectivity index (χ0v) is 20.2. The normalized spacial score (nSPS) is 15.7. The largest absolute Gasteiger partial charge is 0.370 e. The molecule has 0 radical (unpaired) electrons. The molecule has 0 saturated carbocycles. The van der Waals surface area contributed by atoms with E-state index >= 15 is 0 Å². The first-order chi connectivity index (χ1) is 16.2. The van der Waals surface area contributed by atoms with Crippen molar-refractivity contribution in [1.82, 2.24) is 14.9 Å². The summed E-state index contributed by atoms with van der Waals surface area (Å²) in [5, 5.41) is 1.06. The minimum Gasteiger partial charge on any atom is -0.370 e. The third-order valence-electron chi connectivity index (χ3n) is 5.75. The number of H-pyrrole nitrogens is 1. The smallest absolute Gasteiger partial charge is 0.258 e. The number of aromatic nitrogens is 2. The Balaban J connectivity index is 1.53. The number of aliphatic imine (C=N–C) groups is 2. The Morgan fingerprint density at radius 3 is 2.65 bits per heavy atom. The number of likely N-dealkylation sites (tertiary alicyclic amines) is 1. The zero-order chi connectivity index (χ0) is 24.7. The minimum atomic E-state index is -0.353. The molecule has 12 heteroatoms. The molecule has 2 aromatic rings. The molecule has 1 fully saturated rings. The van der Waals surface area contributed by atoms with Gasteiger partial charge in [0.2, 0.25) is 5.91 Å². The Labute approximate surface area is 202 Å². The number of piperidine rings is 1. The van der Waals surface area contributed by atoms with Gasteiger partial charge in [0.05, 0.1) is 16.7 Å². The number of carbonyl (C=O) groups is 1. The molecule has 0 bridgehead atoms. The van der Waals surface area contributed by atoms with Crippen LogP contribution in [0.2, 0.25) is 0 Å². The Hall–Kier alpha value is -3.12. The summed E-state index contributed by atoms with van der Waals surface area (Å²) in [4.78, 5) is 41.8. The van der Waals surface area contributed by atoms with Crippen molar-refractivity contribution < 1.29 is 4.79 Å². The summed E-state index contributed by atoms with van der Waals surface area (Å²) in [6.45, 7) is 3.63. The lowest BCUT2D eigenvalue weighted by Crippen LogP contribution is -2.43. The molecule has 184 valence electrons. The van der Waals surface area contributed by atoms with Crippen LogP contribution in [-0.4, -0.2) is 57.2 Å². The van der Waals surface area contributed by atoms with E-state index in [2.05, 4.69) is 24.9 Å². The fourth-order valence-electron chi connectivity index (χ4n) is 4.09. The van der Waals surface area contributed by atoms with Crippen molar-refractivity contribution in [2.75, 3.05) is 13.1 Å². The van der Waals surface area contributed by atoms with Gasteiger partial charge in [-0.15, -0.1) is 0 Å². The summed E-state index contributed by atoms with van der Waals surface area (Å²) in [7, 11) is 0. The molecule has 2 heterocycles. The maximum atomic E-state index is 12.4. The molecule has 34 heavy (non-hydrogen) atoms. The lowest BCUT2D eigenvalue weighted by atomic mass is 10.1. The molecule has 1 amide bonds. The lowest BCUT2D eigenvalue weighted by molar-refractivity contribution is -0.117. The number of rotatable bonds is 9. The highest BCUT2D eigenvalue weighted by Crippen LogP contribution is 2.28. The van der Waals surface area contributed by atoms with E-state index in [1.165, 1.54) is 0 Å². The number of carbonyl (C=O) groups excluding carboxylic acids is 1. The first kappa shape index (κ1) is 25.5. The molecular weight excluding hydrogens is 454 g/mol. The maximum absolute atomic E-state index is 12.4. The molecule has 1 atom stereocenters. The molecule has 1 aliphatic rings. The van der Waals surface area contributed by atoms with Crippen molar-refractivity contribution >= 4 is 40.5 Å². The van der Waals surface area contributed by atoms with E-state index in [1.54, 1.807) is 17.8 Å². The number of nitrogens with two attached hydrogens (primary N) is 4. The number of aryl methyl sites for hydroxylation is 1. The van der Waals surface area contributed by atoms with Gasteiger partial charge < -0.3 is 27.9 Å². The van der Waals surface area contributed by atoms with Gasteiger partial charge in [-0.2, -0.15) is 16.8 Å². The fraction of sp³-hybridized carbons (Fsp3) is 0.500. The summed E-state index contributed by atoms with van der Waals surface area (Å²) < 4.78 is 0. The number of guanidine groups is 2. The molecule has 1 saturated heterocycles. The standard InChI is InChI=1S/C22H33N9O2S/c1-13-4-2-5-15-19(13)27-16(28-20(15)33)12-34-14-8-10-31(11-9-14)17(29-21(23)24)6-3-7-18(32)30-22(25)26/h2,4-5,14,17H,3,6-12H2,1H3,(H4,23,24,29)(H,27,28,33)(H4,25,26,30,32). The van der Waals surface area contributed by atoms with Gasteiger partial charge in [0.1, 0.15) is 12.0 Å². The van der Waals surface area contributed by atoms with Crippen LogP contribution in [0.1, 0.15) is 43.5 Å². The van der Waals surface area contributed by atoms with Crippen LogP contribution in [0.25, 0.3) is 10.9 Å². The quantitative estimate of drug-likeness (QED) is 0.247. The van der Waals surface area contributed by atoms with E-state index in [-0.39, 0.29) is 36.0 Å². The zero-order valence-electron chi connectivity index (χ0n) is 19.4. The molecule has 1 aliphatic heterocycles. The highest BCUT2D eigenvalue weighted by Gasteiger charge is 2.25. The Kier molecular flexibility index (Phi) is 8.88. The summed E-state index contributed by atoms with van der Waals surface area (Å²) in [5.41, 5.74) is 23.4. The highest BCUT2D eigenvalue weighted by molar-refractivity contribution is 7.99. The van der Waals surface area contributed by atoms with Gasteiger partial charge in [-0.3, -0.25) is 14.5 Å². The Morgan fingerprint density at radius 1 is 1.24 bits per heavy atom. The number of thioether (sulfide) groups is 1. The van der Waals surface area contributed by atoms with Gasteiger partial charge in [-0.05, 0) is 44.2 Å². The molecule has 11 nitrogen and oxygen atoms in total. The van der Waals surface area contributed by atoms with Crippen molar-refractivity contribution in [2.45, 2.75) is 56.2 Å². The summed E-state index contributed by atoms with van der Waals surface area (Å²) >= 11 is 1.80. The number of fused-ring (bicyclic) bond motifs is 1. The number of hydrogen-bond donors (Lipinski definition) is 5. The lowest BCUT2D eigenvalue weighted by Gasteiger charge is -2.35. The number of hydrogen-bond acceptors (Lipinski definition) is 6. The number of nitrogens with one attached hydrogen (secondary N) is 1. The summed E-state index contributed by atoms with van der Waals surface area (Å²) in [6.07, 6.45) is 3.17. The molecule has 0 aliphatic carbocycles. The van der Waals surface area contributed by atoms with Crippen LogP contribution in [0.4, 0.5) is 0 Å². The van der Waals surface area contributed by atoms with E-state index in [0.717, 1.165) is 37.0 Å². The van der Waals surface area contributed by atoms with Crippen LogP contribution >= 0.6 is 11.8 Å². The molecule has 3 rings (SSSR count). The summed E-state index contributed by atoms with van der Waals surface area (Å²) in [6, 6.07) is 5.63. The number of benzene rings is 1. The van der Waals surface area contributed by atoms with Crippen LogP contribution < -0.4 is 28.5 Å². The minimum absolute atomic E-state index is 0.0266. The van der Waals surface area contributed by atoms with Crippen molar-refractivity contribution in [3.8, 4) is 0 Å². The van der Waals surface area contributed by atoms with Crippen LogP contribution in [0.15, 0.2) is 33.0 Å². The third-order valence-corrected chi connectivity index (χ3v) is 7.13. The predicted molar refractivity (Wildman–Crippen MR) is 137 cm³/mol. The van der Waals surface area contributed by atoms with Crippen molar-refractivity contribution in [2.24, 2.45) is 32.9 Å². The average molecular weight is 488 g/mol. The molecule has 1 aromatic heterocycles. The van der Waals surface area contributed by atoms with Gasteiger partial charge in [0, 0.05) is 24.8 Å². The number of amides is 1. The molecular formula is C22H33N9O2S. The summed E-state index contributed by atoms with van der Waals surface area (Å²) in [5.74, 6) is 0.785. The Bertz CT molecular complexity index is 1120. The van der Waals surface area contributed by atoms with Gasteiger partial charge in [0.15, 0.2) is 11.9 Å². The van der Waals surface area contributed by atoms with E-state index in [4.69, 9.17) is 22.9 Å². The second-order valence-electron chi connectivity index (χ2n) is 8.39. The van der Waals surface area contributed by atoms with Crippen LogP contribution in [-0.2, 0) is 10.5 Å². The molecule has 0 spiro atoms. The highest BCUT2D eigenvalue weighted by atomic mass is 32.2. The topological polar surface area (TPSA) is 195 Å². The third kappa shape index (κ3) is 7.19. The van der Waals surface area contributed by atoms with E-state index in [1.807, 2.05) is 19.1 Å². The second-order valence-corrected chi connectivity index (χ2v) is 9.68.